The van der Waals surface area contributed by atoms with Crippen LogP contribution in [-0.4, -0.2) is 55.1 Å². The number of hydrogen-bond acceptors (Lipinski definition) is 4. The highest BCUT2D eigenvalue weighted by molar-refractivity contribution is 14.0. The van der Waals surface area contributed by atoms with Gasteiger partial charge >= 0.3 is 0 Å². The summed E-state index contributed by atoms with van der Waals surface area (Å²) in [6, 6.07) is 14.4. The van der Waals surface area contributed by atoms with Crippen molar-refractivity contribution in [2.45, 2.75) is 39.3 Å². The summed E-state index contributed by atoms with van der Waals surface area (Å²) in [5.74, 6) is 2.63. The molecule has 0 aliphatic carbocycles. The first-order valence-electron chi connectivity index (χ1n) is 11.4. The summed E-state index contributed by atoms with van der Waals surface area (Å²) in [7, 11) is 2.02. The van der Waals surface area contributed by atoms with Gasteiger partial charge in [-0.3, -0.25) is 9.79 Å². The van der Waals surface area contributed by atoms with Gasteiger partial charge in [-0.05, 0) is 48.6 Å². The summed E-state index contributed by atoms with van der Waals surface area (Å²) in [6.45, 7) is 5.97. The lowest BCUT2D eigenvalue weighted by atomic mass is 9.99. The van der Waals surface area contributed by atoms with Gasteiger partial charge in [-0.1, -0.05) is 30.3 Å². The minimum Gasteiger partial charge on any atom is -0.454 e. The zero-order valence-corrected chi connectivity index (χ0v) is 21.7. The number of hydrogen-bond donors (Lipinski definition) is 1. The largest absolute Gasteiger partial charge is 0.454 e. The van der Waals surface area contributed by atoms with Gasteiger partial charge in [0, 0.05) is 46.2 Å². The van der Waals surface area contributed by atoms with Crippen molar-refractivity contribution in [2.75, 3.05) is 33.5 Å². The maximum absolute atomic E-state index is 12.7. The molecule has 4 rings (SSSR count). The smallest absolute Gasteiger partial charge is 0.231 e. The molecule has 0 saturated carbocycles. The van der Waals surface area contributed by atoms with Crippen LogP contribution in [0.2, 0.25) is 0 Å². The second-order valence-corrected chi connectivity index (χ2v) is 8.22. The molecule has 0 unspecified atom stereocenters. The number of guanidine groups is 1. The Kier molecular flexibility index (Phi) is 9.22. The van der Waals surface area contributed by atoms with E-state index in [1.165, 1.54) is 11.1 Å². The van der Waals surface area contributed by atoms with Gasteiger partial charge in [0.05, 0.1) is 0 Å². The van der Waals surface area contributed by atoms with E-state index < -0.39 is 0 Å². The fraction of sp³-hybridized carbons (Fsp3) is 0.440. The molecular formula is C25H33IN4O3. The Bertz CT molecular complexity index is 982. The van der Waals surface area contributed by atoms with Crippen LogP contribution in [0, 0.1) is 0 Å². The van der Waals surface area contributed by atoms with E-state index in [4.69, 9.17) is 14.5 Å². The SMILES string of the molecule is CCNC(=NCCCC(=O)N1CCc2ccccc2C1)N(C)Cc1ccc2c(c1)OCO2.I. The molecule has 0 atom stereocenters. The average molecular weight is 564 g/mol. The number of nitrogens with zero attached hydrogens (tertiary/aromatic N) is 3. The third-order valence-corrected chi connectivity index (χ3v) is 5.85. The lowest BCUT2D eigenvalue weighted by Crippen LogP contribution is -2.38. The summed E-state index contributed by atoms with van der Waals surface area (Å²) in [6.07, 6.45) is 2.20. The third kappa shape index (κ3) is 6.52. The van der Waals surface area contributed by atoms with Crippen LogP contribution < -0.4 is 14.8 Å². The molecule has 0 saturated heterocycles. The summed E-state index contributed by atoms with van der Waals surface area (Å²) in [5.41, 5.74) is 3.76. The van der Waals surface area contributed by atoms with Crippen LogP contribution in [0.25, 0.3) is 0 Å². The highest BCUT2D eigenvalue weighted by atomic mass is 127. The minimum atomic E-state index is 0. The fourth-order valence-electron chi connectivity index (χ4n) is 4.14. The number of halogens is 1. The van der Waals surface area contributed by atoms with Crippen LogP contribution in [0.3, 0.4) is 0 Å². The van der Waals surface area contributed by atoms with Gasteiger partial charge in [0.15, 0.2) is 17.5 Å². The van der Waals surface area contributed by atoms with Crippen LogP contribution in [0.5, 0.6) is 11.5 Å². The molecule has 0 bridgehead atoms. The molecule has 0 fully saturated rings. The van der Waals surface area contributed by atoms with E-state index in [2.05, 4.69) is 35.3 Å². The quantitative estimate of drug-likeness (QED) is 0.240. The molecule has 2 heterocycles. The lowest BCUT2D eigenvalue weighted by molar-refractivity contribution is -0.132. The summed E-state index contributed by atoms with van der Waals surface area (Å²) in [5, 5.41) is 3.34. The van der Waals surface area contributed by atoms with Crippen molar-refractivity contribution in [1.82, 2.24) is 15.1 Å². The van der Waals surface area contributed by atoms with Gasteiger partial charge in [0.1, 0.15) is 0 Å². The minimum absolute atomic E-state index is 0. The Balaban J connectivity index is 0.00000306. The van der Waals surface area contributed by atoms with E-state index in [0.717, 1.165) is 55.5 Å². The Labute approximate surface area is 213 Å². The lowest BCUT2D eigenvalue weighted by Gasteiger charge is -2.29. The van der Waals surface area contributed by atoms with Gasteiger partial charge in [0.2, 0.25) is 12.7 Å². The first-order valence-corrected chi connectivity index (χ1v) is 11.4. The third-order valence-electron chi connectivity index (χ3n) is 5.85. The molecule has 7 nitrogen and oxygen atoms in total. The molecule has 1 N–H and O–H groups in total. The molecule has 0 aromatic heterocycles. The van der Waals surface area contributed by atoms with E-state index in [-0.39, 0.29) is 36.7 Å². The second-order valence-electron chi connectivity index (χ2n) is 8.22. The average Bonchev–Trinajstić information content (AvgIpc) is 3.28. The summed E-state index contributed by atoms with van der Waals surface area (Å²) in [4.78, 5) is 21.5. The van der Waals surface area contributed by atoms with Gasteiger partial charge in [-0.25, -0.2) is 0 Å². The molecule has 2 aromatic rings. The maximum Gasteiger partial charge on any atom is 0.231 e. The van der Waals surface area contributed by atoms with Gasteiger partial charge in [-0.2, -0.15) is 0 Å². The Morgan fingerprint density at radius 3 is 2.76 bits per heavy atom. The fourth-order valence-corrected chi connectivity index (χ4v) is 4.14. The zero-order chi connectivity index (χ0) is 22.3. The molecule has 2 aromatic carbocycles. The van der Waals surface area contributed by atoms with E-state index in [1.807, 2.05) is 36.2 Å². The monoisotopic (exact) mass is 564 g/mol. The number of carbonyl (C=O) groups is 1. The number of ether oxygens (including phenoxy) is 2. The van der Waals surface area contributed by atoms with E-state index in [0.29, 0.717) is 19.5 Å². The van der Waals surface area contributed by atoms with Gasteiger partial charge in [0.25, 0.3) is 0 Å². The van der Waals surface area contributed by atoms with Crippen molar-refractivity contribution >= 4 is 35.8 Å². The number of fused-ring (bicyclic) bond motifs is 2. The number of amides is 1. The van der Waals surface area contributed by atoms with Gasteiger partial charge in [-0.15, -0.1) is 24.0 Å². The van der Waals surface area contributed by atoms with Crippen molar-refractivity contribution in [3.63, 3.8) is 0 Å². The predicted octanol–water partition coefficient (Wildman–Crippen LogP) is 3.80. The molecule has 1 amide bonds. The first-order chi connectivity index (χ1) is 15.6. The Morgan fingerprint density at radius 2 is 1.94 bits per heavy atom. The van der Waals surface area contributed by atoms with Crippen LogP contribution in [0.15, 0.2) is 47.5 Å². The molecule has 2 aliphatic rings. The van der Waals surface area contributed by atoms with E-state index >= 15 is 0 Å². The number of benzene rings is 2. The van der Waals surface area contributed by atoms with Gasteiger partial charge < -0.3 is 24.6 Å². The van der Waals surface area contributed by atoms with Crippen LogP contribution >= 0.6 is 24.0 Å². The van der Waals surface area contributed by atoms with Crippen molar-refractivity contribution in [3.8, 4) is 11.5 Å². The molecular weight excluding hydrogens is 531 g/mol. The predicted molar refractivity (Wildman–Crippen MR) is 140 cm³/mol. The van der Waals surface area contributed by atoms with E-state index in [1.54, 1.807) is 0 Å². The first kappa shape index (κ1) is 25.1. The molecule has 178 valence electrons. The topological polar surface area (TPSA) is 66.4 Å². The number of rotatable bonds is 7. The second kappa shape index (κ2) is 12.1. The summed E-state index contributed by atoms with van der Waals surface area (Å²) < 4.78 is 10.9. The molecule has 2 aliphatic heterocycles. The molecule has 0 radical (unpaired) electrons. The number of carbonyl (C=O) groups excluding carboxylic acids is 1. The standard InChI is InChI=1S/C25H32N4O3.HI/c1-3-26-25(28(2)16-19-10-11-22-23(15-19)32-18-31-22)27-13-6-9-24(30)29-14-12-20-7-4-5-8-21(20)17-29;/h4-5,7-8,10-11,15H,3,6,9,12-14,16-18H2,1-2H3,(H,26,27);1H. The normalized spacial score (nSPS) is 14.4. The highest BCUT2D eigenvalue weighted by Crippen LogP contribution is 2.32. The van der Waals surface area contributed by atoms with Crippen LogP contribution in [0.1, 0.15) is 36.5 Å². The molecule has 0 spiro atoms. The molecule has 8 heteroatoms. The van der Waals surface area contributed by atoms with Crippen molar-refractivity contribution in [1.29, 1.82) is 0 Å². The number of nitrogens with one attached hydrogen (secondary N) is 1. The molecule has 33 heavy (non-hydrogen) atoms. The zero-order valence-electron chi connectivity index (χ0n) is 19.4. The summed E-state index contributed by atoms with van der Waals surface area (Å²) >= 11 is 0. The van der Waals surface area contributed by atoms with Crippen molar-refractivity contribution in [2.24, 2.45) is 4.99 Å². The van der Waals surface area contributed by atoms with E-state index in [9.17, 15) is 4.79 Å². The van der Waals surface area contributed by atoms with Crippen molar-refractivity contribution < 1.29 is 14.3 Å². The van der Waals surface area contributed by atoms with Crippen LogP contribution in [-0.2, 0) is 24.3 Å². The Hall–Kier alpha value is -2.49. The van der Waals surface area contributed by atoms with Crippen molar-refractivity contribution in [3.05, 3.63) is 59.2 Å². The maximum atomic E-state index is 12.7. The number of aliphatic imine (C=N–C) groups is 1. The van der Waals surface area contributed by atoms with Crippen LogP contribution in [0.4, 0.5) is 0 Å². The highest BCUT2D eigenvalue weighted by Gasteiger charge is 2.20. The Morgan fingerprint density at radius 1 is 1.15 bits per heavy atom.